The third-order valence-corrected chi connectivity index (χ3v) is 2.49. The quantitative estimate of drug-likeness (QED) is 0.628. The standard InChI is InChI=1S/C7H13N3S/c1-6-7(10-5-9-6)4-11-3-2-8/h2-5,8H2,1H3. The van der Waals surface area contributed by atoms with E-state index < -0.39 is 0 Å². The van der Waals surface area contributed by atoms with Gasteiger partial charge < -0.3 is 5.73 Å². The monoisotopic (exact) mass is 171 g/mol. The Morgan fingerprint density at radius 2 is 2.36 bits per heavy atom. The summed E-state index contributed by atoms with van der Waals surface area (Å²) in [6.45, 7) is 3.38. The van der Waals surface area contributed by atoms with E-state index in [4.69, 9.17) is 5.73 Å². The van der Waals surface area contributed by atoms with Crippen molar-refractivity contribution in [3.05, 3.63) is 0 Å². The minimum absolute atomic E-state index is 0.629. The molecule has 2 N–H and O–H groups in total. The van der Waals surface area contributed by atoms with Gasteiger partial charge in [-0.2, -0.15) is 11.8 Å². The summed E-state index contributed by atoms with van der Waals surface area (Å²) in [7, 11) is 0. The van der Waals surface area contributed by atoms with Crippen LogP contribution < -0.4 is 5.73 Å². The Hall–Kier alpha value is -0.350. The maximum absolute atomic E-state index is 5.36. The molecule has 0 saturated carbocycles. The van der Waals surface area contributed by atoms with Crippen molar-refractivity contribution in [1.82, 2.24) is 0 Å². The Labute approximate surface area is 71.2 Å². The van der Waals surface area contributed by atoms with Crippen molar-refractivity contribution in [3.63, 3.8) is 0 Å². The summed E-state index contributed by atoms with van der Waals surface area (Å²) in [5, 5.41) is 0. The van der Waals surface area contributed by atoms with E-state index in [1.807, 2.05) is 18.7 Å². The second kappa shape index (κ2) is 4.51. The molecule has 0 bridgehead atoms. The van der Waals surface area contributed by atoms with Crippen molar-refractivity contribution < 1.29 is 0 Å². The first-order valence-electron chi connectivity index (χ1n) is 3.67. The lowest BCUT2D eigenvalue weighted by Gasteiger charge is -1.98. The lowest BCUT2D eigenvalue weighted by atomic mass is 10.3. The normalized spacial score (nSPS) is 16.5. The number of thioether (sulfide) groups is 1. The summed E-state index contributed by atoms with van der Waals surface area (Å²) in [6, 6.07) is 0. The molecule has 4 heteroatoms. The van der Waals surface area contributed by atoms with Crippen LogP contribution in [0.15, 0.2) is 9.98 Å². The first kappa shape index (κ1) is 8.74. The van der Waals surface area contributed by atoms with E-state index in [1.165, 1.54) is 0 Å². The lowest BCUT2D eigenvalue weighted by molar-refractivity contribution is 1.10. The molecule has 1 rings (SSSR count). The molecule has 0 aromatic rings. The van der Waals surface area contributed by atoms with Gasteiger partial charge in [-0.05, 0) is 6.92 Å². The summed E-state index contributed by atoms with van der Waals surface area (Å²) in [5.41, 5.74) is 7.59. The van der Waals surface area contributed by atoms with Crippen molar-refractivity contribution in [2.45, 2.75) is 6.92 Å². The van der Waals surface area contributed by atoms with E-state index in [0.29, 0.717) is 6.67 Å². The minimum atomic E-state index is 0.629. The highest BCUT2D eigenvalue weighted by molar-refractivity contribution is 8.00. The summed E-state index contributed by atoms with van der Waals surface area (Å²) < 4.78 is 0. The predicted octanol–water partition coefficient (Wildman–Crippen LogP) is 0.551. The van der Waals surface area contributed by atoms with Crippen molar-refractivity contribution in [2.24, 2.45) is 15.7 Å². The molecule has 0 amide bonds. The van der Waals surface area contributed by atoms with Gasteiger partial charge in [0.15, 0.2) is 0 Å². The fraction of sp³-hybridized carbons (Fsp3) is 0.714. The third kappa shape index (κ3) is 2.63. The van der Waals surface area contributed by atoms with Crippen LogP contribution in [0.2, 0.25) is 0 Å². The van der Waals surface area contributed by atoms with Gasteiger partial charge >= 0.3 is 0 Å². The van der Waals surface area contributed by atoms with Crippen LogP contribution in [-0.2, 0) is 0 Å². The van der Waals surface area contributed by atoms with Gasteiger partial charge in [-0.15, -0.1) is 0 Å². The van der Waals surface area contributed by atoms with E-state index >= 15 is 0 Å². The summed E-state index contributed by atoms with van der Waals surface area (Å²) in [5.74, 6) is 1.97. The smallest absolute Gasteiger partial charge is 0.130 e. The number of rotatable bonds is 4. The SMILES string of the molecule is CC1=NCN=C1CSCCN. The summed E-state index contributed by atoms with van der Waals surface area (Å²) in [6.07, 6.45) is 0. The zero-order chi connectivity index (χ0) is 8.10. The van der Waals surface area contributed by atoms with Crippen LogP contribution in [0.1, 0.15) is 6.92 Å². The van der Waals surface area contributed by atoms with Gasteiger partial charge in [0.1, 0.15) is 6.67 Å². The average molecular weight is 171 g/mol. The lowest BCUT2D eigenvalue weighted by Crippen LogP contribution is -2.11. The first-order chi connectivity index (χ1) is 5.34. The molecular weight excluding hydrogens is 158 g/mol. The fourth-order valence-electron chi connectivity index (χ4n) is 0.835. The van der Waals surface area contributed by atoms with Crippen LogP contribution in [0.3, 0.4) is 0 Å². The van der Waals surface area contributed by atoms with E-state index in [9.17, 15) is 0 Å². The number of hydrogen-bond donors (Lipinski definition) is 1. The molecular formula is C7H13N3S. The highest BCUT2D eigenvalue weighted by Crippen LogP contribution is 2.04. The van der Waals surface area contributed by atoms with E-state index in [2.05, 4.69) is 9.98 Å². The van der Waals surface area contributed by atoms with Crippen LogP contribution in [0.4, 0.5) is 0 Å². The van der Waals surface area contributed by atoms with Crippen LogP contribution >= 0.6 is 11.8 Å². The van der Waals surface area contributed by atoms with Crippen LogP contribution in [-0.4, -0.2) is 36.1 Å². The molecule has 1 heterocycles. The second-order valence-corrected chi connectivity index (χ2v) is 3.44. The Bertz CT molecular complexity index is 186. The van der Waals surface area contributed by atoms with Gasteiger partial charge in [-0.25, -0.2) is 0 Å². The van der Waals surface area contributed by atoms with E-state index in [-0.39, 0.29) is 0 Å². The predicted molar refractivity (Wildman–Crippen MR) is 51.8 cm³/mol. The largest absolute Gasteiger partial charge is 0.330 e. The molecule has 0 aromatic heterocycles. The number of aliphatic imine (C=N–C) groups is 2. The molecule has 0 aliphatic carbocycles. The topological polar surface area (TPSA) is 50.7 Å². The molecule has 1 aliphatic rings. The molecule has 0 fully saturated rings. The molecule has 0 unspecified atom stereocenters. The Balaban J connectivity index is 2.22. The van der Waals surface area contributed by atoms with Gasteiger partial charge in [-0.1, -0.05) is 0 Å². The number of nitrogens with zero attached hydrogens (tertiary/aromatic N) is 2. The van der Waals surface area contributed by atoms with Gasteiger partial charge in [0, 0.05) is 18.1 Å². The highest BCUT2D eigenvalue weighted by Gasteiger charge is 2.07. The van der Waals surface area contributed by atoms with Crippen molar-refractivity contribution in [3.8, 4) is 0 Å². The second-order valence-electron chi connectivity index (χ2n) is 2.33. The minimum Gasteiger partial charge on any atom is -0.330 e. The zero-order valence-corrected chi connectivity index (χ0v) is 7.52. The number of nitrogens with two attached hydrogens (primary N) is 1. The van der Waals surface area contributed by atoms with Crippen LogP contribution in [0, 0.1) is 0 Å². The van der Waals surface area contributed by atoms with Gasteiger partial charge in [-0.3, -0.25) is 9.98 Å². The molecule has 0 radical (unpaired) electrons. The van der Waals surface area contributed by atoms with Crippen molar-refractivity contribution in [2.75, 3.05) is 24.7 Å². The zero-order valence-electron chi connectivity index (χ0n) is 6.71. The maximum atomic E-state index is 5.36. The summed E-state index contributed by atoms with van der Waals surface area (Å²) >= 11 is 1.82. The van der Waals surface area contributed by atoms with Crippen molar-refractivity contribution >= 4 is 23.2 Å². The van der Waals surface area contributed by atoms with Gasteiger partial charge in [0.2, 0.25) is 0 Å². The van der Waals surface area contributed by atoms with Crippen molar-refractivity contribution in [1.29, 1.82) is 0 Å². The first-order valence-corrected chi connectivity index (χ1v) is 4.82. The maximum Gasteiger partial charge on any atom is 0.130 e. The molecule has 1 aliphatic heterocycles. The average Bonchev–Trinajstić information content (AvgIpc) is 2.37. The summed E-state index contributed by atoms with van der Waals surface area (Å²) in [4.78, 5) is 8.40. The highest BCUT2D eigenvalue weighted by atomic mass is 32.2. The van der Waals surface area contributed by atoms with Crippen LogP contribution in [0.25, 0.3) is 0 Å². The number of hydrogen-bond acceptors (Lipinski definition) is 4. The fourth-order valence-corrected chi connectivity index (χ4v) is 1.64. The Kier molecular flexibility index (Phi) is 3.59. The third-order valence-electron chi connectivity index (χ3n) is 1.49. The van der Waals surface area contributed by atoms with Gasteiger partial charge in [0.25, 0.3) is 0 Å². The Morgan fingerprint density at radius 3 is 2.91 bits per heavy atom. The molecule has 11 heavy (non-hydrogen) atoms. The van der Waals surface area contributed by atoms with Gasteiger partial charge in [0.05, 0.1) is 11.4 Å². The van der Waals surface area contributed by atoms with E-state index in [0.717, 1.165) is 29.5 Å². The molecule has 0 atom stereocenters. The molecule has 0 aromatic carbocycles. The van der Waals surface area contributed by atoms with E-state index in [1.54, 1.807) is 0 Å². The molecule has 62 valence electrons. The molecule has 0 spiro atoms. The van der Waals surface area contributed by atoms with Crippen LogP contribution in [0.5, 0.6) is 0 Å². The Morgan fingerprint density at radius 1 is 1.55 bits per heavy atom. The molecule has 0 saturated heterocycles. The molecule has 3 nitrogen and oxygen atoms in total.